The summed E-state index contributed by atoms with van der Waals surface area (Å²) in [6, 6.07) is -0.462. The van der Waals surface area contributed by atoms with Gasteiger partial charge in [0.2, 0.25) is 4.80 Å². The maximum atomic E-state index is 11.6. The van der Waals surface area contributed by atoms with Crippen LogP contribution in [-0.2, 0) is 4.74 Å². The van der Waals surface area contributed by atoms with Crippen LogP contribution in [0.3, 0.4) is 0 Å². The molecule has 110 valence electrons. The Kier molecular flexibility index (Phi) is 6.46. The van der Waals surface area contributed by atoms with Gasteiger partial charge in [0.25, 0.3) is 0 Å². The Labute approximate surface area is 124 Å². The zero-order valence-electron chi connectivity index (χ0n) is 11.7. The van der Waals surface area contributed by atoms with Crippen LogP contribution in [0, 0.1) is 0 Å². The lowest BCUT2D eigenvalue weighted by atomic mass is 10.6. The van der Waals surface area contributed by atoms with E-state index in [9.17, 15) is 9.59 Å². The van der Waals surface area contributed by atoms with Gasteiger partial charge in [-0.25, -0.2) is 9.59 Å². The van der Waals surface area contributed by atoms with E-state index in [0.29, 0.717) is 4.34 Å². The maximum absolute atomic E-state index is 11.6. The van der Waals surface area contributed by atoms with Crippen molar-refractivity contribution in [2.75, 3.05) is 27.0 Å². The molecule has 20 heavy (non-hydrogen) atoms. The van der Waals surface area contributed by atoms with Gasteiger partial charge in [-0.15, -0.1) is 9.78 Å². The number of amides is 2. The molecule has 2 amide bonds. The molecule has 0 saturated carbocycles. The molecule has 9 heteroatoms. The summed E-state index contributed by atoms with van der Waals surface area (Å²) in [6.07, 6.45) is 3.22. The van der Waals surface area contributed by atoms with Crippen molar-refractivity contribution in [3.63, 3.8) is 0 Å². The molecule has 0 unspecified atom stereocenters. The molecule has 0 saturated heterocycles. The first-order valence-electron chi connectivity index (χ1n) is 5.68. The maximum Gasteiger partial charge on any atom is 0.437 e. The zero-order valence-corrected chi connectivity index (χ0v) is 13.3. The highest BCUT2D eigenvalue weighted by Gasteiger charge is 2.14. The molecule has 0 spiro atoms. The molecule has 0 atom stereocenters. The summed E-state index contributed by atoms with van der Waals surface area (Å²) in [6.45, 7) is 1.92. The highest BCUT2D eigenvalue weighted by atomic mass is 32.2. The largest absolute Gasteiger partial charge is 0.451 e. The van der Waals surface area contributed by atoms with Gasteiger partial charge in [0, 0.05) is 19.8 Å². The summed E-state index contributed by atoms with van der Waals surface area (Å²) in [7, 11) is 4.41. The summed E-state index contributed by atoms with van der Waals surface area (Å²) in [5.74, 6) is 0.728. The van der Waals surface area contributed by atoms with Crippen LogP contribution < -0.4 is 4.80 Å². The lowest BCUT2D eigenvalue weighted by molar-refractivity contribution is 0.167. The Morgan fingerprint density at radius 2 is 2.25 bits per heavy atom. The predicted octanol–water partition coefficient (Wildman–Crippen LogP) is 1.81. The van der Waals surface area contributed by atoms with Crippen molar-refractivity contribution in [3.8, 4) is 0 Å². The van der Waals surface area contributed by atoms with E-state index in [1.54, 1.807) is 14.1 Å². The number of carbonyl (C=O) groups is 2. The summed E-state index contributed by atoms with van der Waals surface area (Å²) >= 11 is 2.62. The van der Waals surface area contributed by atoms with Gasteiger partial charge in [0.05, 0.1) is 7.11 Å². The Bertz CT molecular complexity index is 574. The molecule has 0 N–H and O–H groups in total. The Balaban J connectivity index is 3.13. The second kappa shape index (κ2) is 7.85. The fraction of sp³-hybridized carbons (Fsp3) is 0.455. The first-order chi connectivity index (χ1) is 9.49. The standard InChI is InChI=1S/C11H16N4O3S2/c1-5-6-7-19-10-13-15(11(17)18-4)9(20-10)12-8(16)14(2)3/h5-6H,7H2,1-4H3. The fourth-order valence-electron chi connectivity index (χ4n) is 0.998. The molecule has 1 aromatic heterocycles. The number of methoxy groups -OCH3 is 1. The van der Waals surface area contributed by atoms with Gasteiger partial charge in [0.1, 0.15) is 0 Å². The second-order valence-corrected chi connectivity index (χ2v) is 5.92. The minimum Gasteiger partial charge on any atom is -0.451 e. The zero-order chi connectivity index (χ0) is 15.1. The van der Waals surface area contributed by atoms with Crippen molar-refractivity contribution in [3.05, 3.63) is 17.0 Å². The number of nitrogens with zero attached hydrogens (tertiary/aromatic N) is 4. The van der Waals surface area contributed by atoms with Crippen LogP contribution in [0.4, 0.5) is 9.59 Å². The number of ether oxygens (including phenoxy) is 1. The van der Waals surface area contributed by atoms with Crippen molar-refractivity contribution in [2.24, 2.45) is 4.99 Å². The van der Waals surface area contributed by atoms with Gasteiger partial charge < -0.3 is 9.64 Å². The SMILES string of the molecule is CC=CCSc1nn(C(=O)OC)c(=NC(=O)N(C)C)s1. The van der Waals surface area contributed by atoms with Crippen LogP contribution in [0.5, 0.6) is 0 Å². The van der Waals surface area contributed by atoms with E-state index in [2.05, 4.69) is 14.8 Å². The normalized spacial score (nSPS) is 11.9. The van der Waals surface area contributed by atoms with E-state index in [-0.39, 0.29) is 4.80 Å². The third-order valence-electron chi connectivity index (χ3n) is 2.00. The Morgan fingerprint density at radius 3 is 2.80 bits per heavy atom. The molecule has 0 fully saturated rings. The molecule has 0 aliphatic carbocycles. The highest BCUT2D eigenvalue weighted by molar-refractivity contribution is 8.01. The minimum absolute atomic E-state index is 0.193. The molecule has 7 nitrogen and oxygen atoms in total. The summed E-state index contributed by atoms with van der Waals surface area (Å²) in [5, 5.41) is 4.09. The lowest BCUT2D eigenvalue weighted by Crippen LogP contribution is -2.28. The van der Waals surface area contributed by atoms with E-state index < -0.39 is 12.1 Å². The number of thioether (sulfide) groups is 1. The van der Waals surface area contributed by atoms with E-state index in [0.717, 1.165) is 10.4 Å². The molecular formula is C11H16N4O3S2. The molecule has 0 aliphatic heterocycles. The van der Waals surface area contributed by atoms with Crippen molar-refractivity contribution in [1.29, 1.82) is 0 Å². The van der Waals surface area contributed by atoms with E-state index >= 15 is 0 Å². The third-order valence-corrected chi connectivity index (χ3v) is 4.00. The number of aromatic nitrogens is 2. The van der Waals surface area contributed by atoms with Gasteiger partial charge in [-0.05, 0) is 6.92 Å². The van der Waals surface area contributed by atoms with E-state index in [1.807, 2.05) is 19.1 Å². The average molecular weight is 316 g/mol. The van der Waals surface area contributed by atoms with Crippen molar-refractivity contribution in [2.45, 2.75) is 11.3 Å². The van der Waals surface area contributed by atoms with E-state index in [4.69, 9.17) is 0 Å². The Hall–Kier alpha value is -1.61. The number of rotatable bonds is 3. The number of carbonyl (C=O) groups excluding carboxylic acids is 2. The first-order valence-corrected chi connectivity index (χ1v) is 7.48. The first kappa shape index (κ1) is 16.4. The smallest absolute Gasteiger partial charge is 0.437 e. The van der Waals surface area contributed by atoms with Crippen molar-refractivity contribution in [1.82, 2.24) is 14.7 Å². The molecule has 1 aromatic rings. The topological polar surface area (TPSA) is 76.8 Å². The van der Waals surface area contributed by atoms with Crippen LogP contribution in [-0.4, -0.2) is 53.8 Å². The van der Waals surface area contributed by atoms with E-state index in [1.165, 1.54) is 35.1 Å². The molecule has 0 bridgehead atoms. The lowest BCUT2D eigenvalue weighted by Gasteiger charge is -2.03. The third kappa shape index (κ3) is 4.49. The van der Waals surface area contributed by atoms with Crippen LogP contribution >= 0.6 is 23.1 Å². The van der Waals surface area contributed by atoms with Gasteiger partial charge in [0.15, 0.2) is 4.34 Å². The van der Waals surface area contributed by atoms with Crippen LogP contribution in [0.15, 0.2) is 21.5 Å². The molecule has 0 aromatic carbocycles. The number of allylic oxidation sites excluding steroid dienone is 1. The quantitative estimate of drug-likeness (QED) is 0.628. The van der Waals surface area contributed by atoms with Crippen molar-refractivity contribution < 1.29 is 14.3 Å². The summed E-state index contributed by atoms with van der Waals surface area (Å²) < 4.78 is 6.25. The second-order valence-electron chi connectivity index (χ2n) is 3.70. The van der Waals surface area contributed by atoms with Crippen LogP contribution in [0.25, 0.3) is 0 Å². The van der Waals surface area contributed by atoms with Gasteiger partial charge in [-0.1, -0.05) is 35.3 Å². The minimum atomic E-state index is -0.676. The van der Waals surface area contributed by atoms with Gasteiger partial charge >= 0.3 is 12.1 Å². The molecule has 0 aliphatic rings. The Morgan fingerprint density at radius 1 is 1.55 bits per heavy atom. The number of hydrogen-bond donors (Lipinski definition) is 0. The molecular weight excluding hydrogens is 300 g/mol. The fourth-order valence-corrected chi connectivity index (χ4v) is 2.84. The summed E-state index contributed by atoms with van der Waals surface area (Å²) in [4.78, 5) is 28.6. The highest BCUT2D eigenvalue weighted by Crippen LogP contribution is 2.17. The predicted molar refractivity (Wildman–Crippen MR) is 78.1 cm³/mol. The van der Waals surface area contributed by atoms with Gasteiger partial charge in [-0.2, -0.15) is 4.99 Å². The monoisotopic (exact) mass is 316 g/mol. The van der Waals surface area contributed by atoms with Crippen LogP contribution in [0.1, 0.15) is 6.92 Å². The number of urea groups is 1. The molecule has 1 heterocycles. The number of hydrogen-bond acceptors (Lipinski definition) is 6. The summed E-state index contributed by atoms with van der Waals surface area (Å²) in [5.41, 5.74) is 0. The van der Waals surface area contributed by atoms with Crippen LogP contribution in [0.2, 0.25) is 0 Å². The molecule has 1 rings (SSSR count). The average Bonchev–Trinajstić information content (AvgIpc) is 2.81. The van der Waals surface area contributed by atoms with Crippen molar-refractivity contribution >= 4 is 35.2 Å². The molecule has 0 radical (unpaired) electrons. The van der Waals surface area contributed by atoms with Gasteiger partial charge in [-0.3, -0.25) is 0 Å².